The number of rotatable bonds is 1. The molecule has 13 heavy (non-hydrogen) atoms. The molecule has 0 fully saturated rings. The minimum atomic E-state index is -0.192. The summed E-state index contributed by atoms with van der Waals surface area (Å²) in [5, 5.41) is 0. The summed E-state index contributed by atoms with van der Waals surface area (Å²) in [5.41, 5.74) is 1.49. The molecule has 0 heterocycles. The largest absolute Gasteiger partial charge is 0.206 e. The first kappa shape index (κ1) is 7.99. The highest BCUT2D eigenvalue weighted by Crippen LogP contribution is 2.21. The summed E-state index contributed by atoms with van der Waals surface area (Å²) in [6.45, 7) is 0. The molecule has 0 atom stereocenters. The highest BCUT2D eigenvalue weighted by atomic mass is 19.1. The quantitative estimate of drug-likeness (QED) is 0.617. The predicted octanol–water partition coefficient (Wildman–Crippen LogP) is 3.29. The zero-order valence-corrected chi connectivity index (χ0v) is 7.00. The van der Waals surface area contributed by atoms with Gasteiger partial charge in [0.1, 0.15) is 5.82 Å². The van der Waals surface area contributed by atoms with Gasteiger partial charge in [-0.15, -0.1) is 0 Å². The maximum absolute atomic E-state index is 13.3. The second-order valence-corrected chi connectivity index (χ2v) is 2.77. The average molecular weight is 171 g/mol. The molecule has 0 unspecified atom stereocenters. The molecule has 0 aromatic heterocycles. The second-order valence-electron chi connectivity index (χ2n) is 2.77. The van der Waals surface area contributed by atoms with Gasteiger partial charge in [-0.2, -0.15) is 0 Å². The summed E-state index contributed by atoms with van der Waals surface area (Å²) in [7, 11) is 0. The van der Waals surface area contributed by atoms with Crippen LogP contribution in [-0.2, 0) is 0 Å². The van der Waals surface area contributed by atoms with Gasteiger partial charge in [-0.05, 0) is 23.8 Å². The summed E-state index contributed by atoms with van der Waals surface area (Å²) in [4.78, 5) is 0. The van der Waals surface area contributed by atoms with E-state index in [0.717, 1.165) is 5.56 Å². The summed E-state index contributed by atoms with van der Waals surface area (Å²) in [6.07, 6.45) is 0. The first-order chi connectivity index (χ1) is 6.38. The summed E-state index contributed by atoms with van der Waals surface area (Å²) in [5.74, 6) is -0.192. The van der Waals surface area contributed by atoms with Gasteiger partial charge in [-0.25, -0.2) is 4.39 Å². The lowest BCUT2D eigenvalue weighted by molar-refractivity contribution is 0.631. The monoisotopic (exact) mass is 171 g/mol. The predicted molar refractivity (Wildman–Crippen MR) is 50.7 cm³/mol. The van der Waals surface area contributed by atoms with Crippen molar-refractivity contribution in [1.82, 2.24) is 0 Å². The Labute approximate surface area is 76.7 Å². The molecule has 0 saturated heterocycles. The van der Waals surface area contributed by atoms with E-state index in [2.05, 4.69) is 6.07 Å². The van der Waals surface area contributed by atoms with Crippen LogP contribution in [0.3, 0.4) is 0 Å². The van der Waals surface area contributed by atoms with E-state index in [4.69, 9.17) is 0 Å². The van der Waals surface area contributed by atoms with E-state index in [1.807, 2.05) is 18.2 Å². The zero-order chi connectivity index (χ0) is 9.10. The van der Waals surface area contributed by atoms with Crippen molar-refractivity contribution >= 4 is 0 Å². The standard InChI is InChI=1S/C12H8F/c13-12-9-5-4-8-11(12)10-6-2-1-3-7-10/h1-2,4-9H. The van der Waals surface area contributed by atoms with E-state index >= 15 is 0 Å². The Bertz CT molecular complexity index is 393. The number of benzene rings is 2. The summed E-state index contributed by atoms with van der Waals surface area (Å²) < 4.78 is 13.3. The maximum Gasteiger partial charge on any atom is 0.131 e. The fraction of sp³-hybridized carbons (Fsp3) is 0. The minimum absolute atomic E-state index is 0.192. The van der Waals surface area contributed by atoms with Gasteiger partial charge in [0.05, 0.1) is 0 Å². The molecular formula is C12H8F. The van der Waals surface area contributed by atoms with Gasteiger partial charge < -0.3 is 0 Å². The van der Waals surface area contributed by atoms with E-state index in [9.17, 15) is 4.39 Å². The van der Waals surface area contributed by atoms with E-state index < -0.39 is 0 Å². The molecule has 1 heteroatoms. The van der Waals surface area contributed by atoms with Crippen molar-refractivity contribution in [2.24, 2.45) is 0 Å². The van der Waals surface area contributed by atoms with Gasteiger partial charge in [-0.3, -0.25) is 0 Å². The normalized spacial score (nSPS) is 9.92. The Hall–Kier alpha value is -1.63. The van der Waals surface area contributed by atoms with Gasteiger partial charge >= 0.3 is 0 Å². The Morgan fingerprint density at radius 1 is 1.00 bits per heavy atom. The van der Waals surface area contributed by atoms with Crippen molar-refractivity contribution < 1.29 is 4.39 Å². The van der Waals surface area contributed by atoms with Gasteiger partial charge in [0.2, 0.25) is 0 Å². The van der Waals surface area contributed by atoms with Crippen LogP contribution in [0.15, 0.2) is 48.5 Å². The lowest BCUT2D eigenvalue weighted by Gasteiger charge is -2.01. The van der Waals surface area contributed by atoms with Crippen molar-refractivity contribution in [3.05, 3.63) is 60.4 Å². The molecule has 2 aromatic carbocycles. The molecule has 0 amide bonds. The van der Waals surface area contributed by atoms with Crippen LogP contribution in [0.5, 0.6) is 0 Å². The van der Waals surface area contributed by atoms with Crippen LogP contribution < -0.4 is 0 Å². The summed E-state index contributed by atoms with van der Waals surface area (Å²) in [6, 6.07) is 16.9. The van der Waals surface area contributed by atoms with Crippen molar-refractivity contribution in [2.75, 3.05) is 0 Å². The van der Waals surface area contributed by atoms with Crippen LogP contribution in [0, 0.1) is 11.9 Å². The molecule has 0 N–H and O–H groups in total. The van der Waals surface area contributed by atoms with Crippen LogP contribution in [0.4, 0.5) is 4.39 Å². The van der Waals surface area contributed by atoms with Gasteiger partial charge in [0.15, 0.2) is 0 Å². The van der Waals surface area contributed by atoms with Gasteiger partial charge in [-0.1, -0.05) is 36.4 Å². The SMILES string of the molecule is Fc1ccccc1-c1c[c]ccc1. The third-order valence-electron chi connectivity index (χ3n) is 1.89. The number of hydrogen-bond acceptors (Lipinski definition) is 0. The van der Waals surface area contributed by atoms with Crippen LogP contribution in [0.1, 0.15) is 0 Å². The third kappa shape index (κ3) is 1.59. The Kier molecular flexibility index (Phi) is 2.09. The van der Waals surface area contributed by atoms with Crippen LogP contribution in [0.25, 0.3) is 11.1 Å². The molecule has 0 aliphatic heterocycles. The first-order valence-corrected chi connectivity index (χ1v) is 4.09. The fourth-order valence-corrected chi connectivity index (χ4v) is 1.26. The fourth-order valence-electron chi connectivity index (χ4n) is 1.26. The van der Waals surface area contributed by atoms with Gasteiger partial charge in [0.25, 0.3) is 0 Å². The van der Waals surface area contributed by atoms with E-state index in [1.165, 1.54) is 6.07 Å². The lowest BCUT2D eigenvalue weighted by Crippen LogP contribution is -1.81. The third-order valence-corrected chi connectivity index (χ3v) is 1.89. The number of hydrogen-bond donors (Lipinski definition) is 0. The molecule has 0 aliphatic rings. The smallest absolute Gasteiger partial charge is 0.131 e. The van der Waals surface area contributed by atoms with Crippen LogP contribution >= 0.6 is 0 Å². The average Bonchev–Trinajstić information content (AvgIpc) is 2.20. The molecule has 1 radical (unpaired) electrons. The molecular weight excluding hydrogens is 163 g/mol. The van der Waals surface area contributed by atoms with Gasteiger partial charge in [0, 0.05) is 5.56 Å². The Morgan fingerprint density at radius 2 is 1.85 bits per heavy atom. The lowest BCUT2D eigenvalue weighted by atomic mass is 10.1. The van der Waals surface area contributed by atoms with Crippen molar-refractivity contribution in [3.8, 4) is 11.1 Å². The van der Waals surface area contributed by atoms with Crippen molar-refractivity contribution in [3.63, 3.8) is 0 Å². The van der Waals surface area contributed by atoms with Crippen molar-refractivity contribution in [1.29, 1.82) is 0 Å². The molecule has 0 saturated carbocycles. The van der Waals surface area contributed by atoms with E-state index in [0.29, 0.717) is 5.56 Å². The second kappa shape index (κ2) is 3.40. The van der Waals surface area contributed by atoms with Crippen LogP contribution in [0.2, 0.25) is 0 Å². The molecule has 0 bridgehead atoms. The Morgan fingerprint density at radius 3 is 2.54 bits per heavy atom. The summed E-state index contributed by atoms with van der Waals surface area (Å²) >= 11 is 0. The number of halogens is 1. The molecule has 0 nitrogen and oxygen atoms in total. The molecule has 0 spiro atoms. The zero-order valence-electron chi connectivity index (χ0n) is 7.00. The van der Waals surface area contributed by atoms with E-state index in [1.54, 1.807) is 24.3 Å². The minimum Gasteiger partial charge on any atom is -0.206 e. The molecule has 2 aromatic rings. The molecule has 2 rings (SSSR count). The molecule has 63 valence electrons. The highest BCUT2D eigenvalue weighted by molar-refractivity contribution is 5.63. The maximum atomic E-state index is 13.3. The molecule has 0 aliphatic carbocycles. The highest BCUT2D eigenvalue weighted by Gasteiger charge is 2.01. The Balaban J connectivity index is 2.54. The van der Waals surface area contributed by atoms with Crippen molar-refractivity contribution in [2.45, 2.75) is 0 Å². The van der Waals surface area contributed by atoms with E-state index in [-0.39, 0.29) is 5.82 Å². The first-order valence-electron chi connectivity index (χ1n) is 4.09. The topological polar surface area (TPSA) is 0 Å². The van der Waals surface area contributed by atoms with Crippen LogP contribution in [-0.4, -0.2) is 0 Å².